The standard InChI is InChI=1S/C14H22N2O3/c1-10-6-8-16(9-7-10)14(19)15-12-5-3-2-4-11(12)13(17)18/h6,11-12H,2-5,7-9H2,1H3,(H,15,19)(H,17,18). The summed E-state index contributed by atoms with van der Waals surface area (Å²) >= 11 is 0. The van der Waals surface area contributed by atoms with Crippen LogP contribution in [0.5, 0.6) is 0 Å². The van der Waals surface area contributed by atoms with Gasteiger partial charge in [-0.15, -0.1) is 0 Å². The summed E-state index contributed by atoms with van der Waals surface area (Å²) < 4.78 is 0. The number of urea groups is 1. The molecule has 2 rings (SSSR count). The Morgan fingerprint density at radius 3 is 2.74 bits per heavy atom. The fourth-order valence-electron chi connectivity index (χ4n) is 2.80. The molecule has 2 aliphatic rings. The van der Waals surface area contributed by atoms with Crippen LogP contribution < -0.4 is 5.32 Å². The summed E-state index contributed by atoms with van der Waals surface area (Å²) in [7, 11) is 0. The molecule has 1 heterocycles. The molecule has 5 heteroatoms. The minimum absolute atomic E-state index is 0.123. The van der Waals surface area contributed by atoms with Crippen molar-refractivity contribution >= 4 is 12.0 Å². The topological polar surface area (TPSA) is 69.6 Å². The Morgan fingerprint density at radius 2 is 2.11 bits per heavy atom. The minimum Gasteiger partial charge on any atom is -0.481 e. The van der Waals surface area contributed by atoms with Gasteiger partial charge in [0.25, 0.3) is 0 Å². The normalized spacial score (nSPS) is 27.6. The highest BCUT2D eigenvalue weighted by molar-refractivity contribution is 5.77. The van der Waals surface area contributed by atoms with Crippen LogP contribution >= 0.6 is 0 Å². The summed E-state index contributed by atoms with van der Waals surface area (Å²) in [6.45, 7) is 3.41. The minimum atomic E-state index is -0.792. The van der Waals surface area contributed by atoms with E-state index in [0.29, 0.717) is 13.0 Å². The van der Waals surface area contributed by atoms with E-state index in [9.17, 15) is 14.7 Å². The molecule has 2 amide bonds. The van der Waals surface area contributed by atoms with Crippen molar-refractivity contribution in [1.82, 2.24) is 10.2 Å². The van der Waals surface area contributed by atoms with Gasteiger partial charge in [-0.05, 0) is 26.2 Å². The van der Waals surface area contributed by atoms with E-state index in [1.54, 1.807) is 4.90 Å². The van der Waals surface area contributed by atoms with E-state index in [1.807, 2.05) is 0 Å². The number of hydrogen-bond donors (Lipinski definition) is 2. The zero-order valence-electron chi connectivity index (χ0n) is 11.4. The highest BCUT2D eigenvalue weighted by atomic mass is 16.4. The maximum atomic E-state index is 12.1. The molecule has 2 unspecified atom stereocenters. The van der Waals surface area contributed by atoms with Crippen LogP contribution in [0.1, 0.15) is 39.0 Å². The molecular formula is C14H22N2O3. The zero-order chi connectivity index (χ0) is 13.8. The smallest absolute Gasteiger partial charge is 0.317 e. The third-order valence-corrected chi connectivity index (χ3v) is 4.12. The molecule has 0 aromatic rings. The number of amides is 2. The van der Waals surface area contributed by atoms with E-state index in [4.69, 9.17) is 0 Å². The van der Waals surface area contributed by atoms with Gasteiger partial charge in [0.2, 0.25) is 0 Å². The van der Waals surface area contributed by atoms with E-state index in [-0.39, 0.29) is 12.1 Å². The van der Waals surface area contributed by atoms with Gasteiger partial charge in [0.05, 0.1) is 5.92 Å². The van der Waals surface area contributed by atoms with Crippen molar-refractivity contribution in [1.29, 1.82) is 0 Å². The SMILES string of the molecule is CC1=CCN(C(=O)NC2CCCCC2C(=O)O)CC1. The Balaban J connectivity index is 1.92. The van der Waals surface area contributed by atoms with Gasteiger partial charge >= 0.3 is 12.0 Å². The summed E-state index contributed by atoms with van der Waals surface area (Å²) in [4.78, 5) is 25.1. The monoisotopic (exact) mass is 266 g/mol. The maximum absolute atomic E-state index is 12.1. The molecule has 2 atom stereocenters. The number of aliphatic carboxylic acids is 1. The number of carbonyl (C=O) groups excluding carboxylic acids is 1. The Hall–Kier alpha value is -1.52. The second-order valence-electron chi connectivity index (χ2n) is 5.53. The first kappa shape index (κ1) is 13.9. The fraction of sp³-hybridized carbons (Fsp3) is 0.714. The van der Waals surface area contributed by atoms with Crippen LogP contribution in [-0.2, 0) is 4.79 Å². The highest BCUT2D eigenvalue weighted by Crippen LogP contribution is 2.25. The first-order valence-corrected chi connectivity index (χ1v) is 7.02. The molecule has 0 bridgehead atoms. The third kappa shape index (κ3) is 3.49. The lowest BCUT2D eigenvalue weighted by atomic mass is 9.84. The van der Waals surface area contributed by atoms with Crippen LogP contribution in [0.4, 0.5) is 4.79 Å². The largest absolute Gasteiger partial charge is 0.481 e. The van der Waals surface area contributed by atoms with E-state index in [0.717, 1.165) is 32.2 Å². The lowest BCUT2D eigenvalue weighted by molar-refractivity contribution is -0.143. The van der Waals surface area contributed by atoms with Crippen LogP contribution in [0.3, 0.4) is 0 Å². The first-order valence-electron chi connectivity index (χ1n) is 7.02. The van der Waals surface area contributed by atoms with Crippen molar-refractivity contribution < 1.29 is 14.7 Å². The molecule has 106 valence electrons. The van der Waals surface area contributed by atoms with Crippen molar-refractivity contribution in [2.45, 2.75) is 45.1 Å². The number of nitrogens with zero attached hydrogens (tertiary/aromatic N) is 1. The molecular weight excluding hydrogens is 244 g/mol. The number of carboxylic acid groups (broad SMARTS) is 1. The molecule has 19 heavy (non-hydrogen) atoms. The Bertz CT molecular complexity index is 392. The average Bonchev–Trinajstić information content (AvgIpc) is 2.39. The van der Waals surface area contributed by atoms with Gasteiger partial charge in [0.15, 0.2) is 0 Å². The van der Waals surface area contributed by atoms with Crippen LogP contribution in [-0.4, -0.2) is 41.1 Å². The van der Waals surface area contributed by atoms with Crippen molar-refractivity contribution in [3.05, 3.63) is 11.6 Å². The summed E-state index contributed by atoms with van der Waals surface area (Å²) in [5.41, 5.74) is 1.31. The molecule has 0 aromatic heterocycles. The summed E-state index contributed by atoms with van der Waals surface area (Å²) in [6, 6.07) is -0.340. The number of carboxylic acids is 1. The molecule has 0 spiro atoms. The van der Waals surface area contributed by atoms with Gasteiger partial charge in [0.1, 0.15) is 0 Å². The lowest BCUT2D eigenvalue weighted by Crippen LogP contribution is -2.51. The number of nitrogens with one attached hydrogen (secondary N) is 1. The van der Waals surface area contributed by atoms with Gasteiger partial charge in [-0.2, -0.15) is 0 Å². The second-order valence-corrected chi connectivity index (χ2v) is 5.53. The average molecular weight is 266 g/mol. The number of hydrogen-bond acceptors (Lipinski definition) is 2. The Labute approximate surface area is 113 Å². The number of carbonyl (C=O) groups is 2. The lowest BCUT2D eigenvalue weighted by Gasteiger charge is -2.32. The van der Waals surface area contributed by atoms with Gasteiger partial charge in [-0.1, -0.05) is 24.5 Å². The molecule has 2 N–H and O–H groups in total. The molecule has 1 saturated carbocycles. The van der Waals surface area contributed by atoms with Crippen molar-refractivity contribution in [3.8, 4) is 0 Å². The molecule has 0 aromatic carbocycles. The van der Waals surface area contributed by atoms with E-state index >= 15 is 0 Å². The van der Waals surface area contributed by atoms with Crippen molar-refractivity contribution in [3.63, 3.8) is 0 Å². The summed E-state index contributed by atoms with van der Waals surface area (Å²) in [5.74, 6) is -1.22. The number of rotatable bonds is 2. The van der Waals surface area contributed by atoms with Crippen LogP contribution in [0.15, 0.2) is 11.6 Å². The van der Waals surface area contributed by atoms with E-state index in [2.05, 4.69) is 18.3 Å². The van der Waals surface area contributed by atoms with Gasteiger partial charge in [-0.25, -0.2) is 4.79 Å². The molecule has 1 fully saturated rings. The van der Waals surface area contributed by atoms with Gasteiger partial charge in [-0.3, -0.25) is 4.79 Å². The maximum Gasteiger partial charge on any atom is 0.317 e. The molecule has 0 radical (unpaired) electrons. The fourth-order valence-corrected chi connectivity index (χ4v) is 2.80. The first-order chi connectivity index (χ1) is 9.08. The van der Waals surface area contributed by atoms with Crippen molar-refractivity contribution in [2.24, 2.45) is 5.92 Å². The predicted molar refractivity (Wildman–Crippen MR) is 71.9 cm³/mol. The molecule has 5 nitrogen and oxygen atoms in total. The van der Waals surface area contributed by atoms with Gasteiger partial charge in [0, 0.05) is 19.1 Å². The second kappa shape index (κ2) is 6.08. The third-order valence-electron chi connectivity index (χ3n) is 4.12. The van der Waals surface area contributed by atoms with Crippen LogP contribution in [0.2, 0.25) is 0 Å². The van der Waals surface area contributed by atoms with E-state index < -0.39 is 11.9 Å². The predicted octanol–water partition coefficient (Wildman–Crippen LogP) is 1.99. The quantitative estimate of drug-likeness (QED) is 0.751. The Kier molecular flexibility index (Phi) is 4.45. The summed E-state index contributed by atoms with van der Waals surface area (Å²) in [5, 5.41) is 12.1. The molecule has 1 aliphatic heterocycles. The Morgan fingerprint density at radius 1 is 1.37 bits per heavy atom. The van der Waals surface area contributed by atoms with E-state index in [1.165, 1.54) is 5.57 Å². The highest BCUT2D eigenvalue weighted by Gasteiger charge is 2.32. The summed E-state index contributed by atoms with van der Waals surface area (Å²) in [6.07, 6.45) is 6.33. The van der Waals surface area contributed by atoms with Crippen LogP contribution in [0.25, 0.3) is 0 Å². The van der Waals surface area contributed by atoms with Crippen LogP contribution in [0, 0.1) is 5.92 Å². The van der Waals surface area contributed by atoms with Gasteiger partial charge < -0.3 is 15.3 Å². The van der Waals surface area contributed by atoms with Crippen molar-refractivity contribution in [2.75, 3.05) is 13.1 Å². The molecule has 0 saturated heterocycles. The zero-order valence-corrected chi connectivity index (χ0v) is 11.4. The molecule has 1 aliphatic carbocycles.